The number of carbonyl (C=O) groups excluding carboxylic acids is 2. The lowest BCUT2D eigenvalue weighted by atomic mass is 9.99. The highest BCUT2D eigenvalue weighted by molar-refractivity contribution is 7.20. The second-order valence-corrected chi connectivity index (χ2v) is 8.66. The standard InChI is InChI=1S/C28H26N2O4S/c1-4-33-27(31)21-16-17-22(29-18(21)3)25-23(19-12-8-6-9-13-19)24(28(32)34-5-2)26(35-25)30-20-14-10-7-11-15-20/h6-17,30H,4-5H2,1-3H3. The maximum atomic E-state index is 13.2. The SMILES string of the molecule is CCOC(=O)c1ccc(-c2sc(Nc3ccccc3)c(C(=O)OCC)c2-c2ccccc2)nc1C. The van der Waals surface area contributed by atoms with Gasteiger partial charge in [-0.3, -0.25) is 4.98 Å². The molecule has 4 rings (SSSR count). The van der Waals surface area contributed by atoms with Crippen molar-refractivity contribution >= 4 is 34.0 Å². The molecule has 0 fully saturated rings. The van der Waals surface area contributed by atoms with E-state index in [0.717, 1.165) is 21.7 Å². The minimum absolute atomic E-state index is 0.259. The molecular weight excluding hydrogens is 460 g/mol. The van der Waals surface area contributed by atoms with Gasteiger partial charge >= 0.3 is 11.9 Å². The predicted octanol–water partition coefficient (Wildman–Crippen LogP) is 6.88. The molecule has 0 radical (unpaired) electrons. The van der Waals surface area contributed by atoms with Gasteiger partial charge in [-0.15, -0.1) is 11.3 Å². The Hall–Kier alpha value is -3.97. The van der Waals surface area contributed by atoms with Crippen molar-refractivity contribution in [2.45, 2.75) is 20.8 Å². The monoisotopic (exact) mass is 486 g/mol. The molecular formula is C28H26N2O4S. The maximum absolute atomic E-state index is 13.2. The van der Waals surface area contributed by atoms with Gasteiger partial charge in [-0.2, -0.15) is 0 Å². The molecule has 0 saturated heterocycles. The average Bonchev–Trinajstić information content (AvgIpc) is 3.24. The summed E-state index contributed by atoms with van der Waals surface area (Å²) in [6, 6.07) is 22.9. The third kappa shape index (κ3) is 5.25. The fourth-order valence-electron chi connectivity index (χ4n) is 3.74. The molecule has 2 aromatic carbocycles. The molecule has 6 nitrogen and oxygen atoms in total. The topological polar surface area (TPSA) is 77.5 Å². The van der Waals surface area contributed by atoms with Crippen LogP contribution in [0.15, 0.2) is 72.8 Å². The van der Waals surface area contributed by atoms with Crippen molar-refractivity contribution in [1.29, 1.82) is 0 Å². The minimum atomic E-state index is -0.410. The first-order valence-corrected chi connectivity index (χ1v) is 12.2. The van der Waals surface area contributed by atoms with Crippen LogP contribution < -0.4 is 5.32 Å². The third-order valence-corrected chi connectivity index (χ3v) is 6.42. The summed E-state index contributed by atoms with van der Waals surface area (Å²) in [4.78, 5) is 31.1. The van der Waals surface area contributed by atoms with Crippen LogP contribution in [0.25, 0.3) is 21.7 Å². The number of esters is 2. The number of rotatable bonds is 8. The zero-order valence-electron chi connectivity index (χ0n) is 19.8. The van der Waals surface area contributed by atoms with Crippen LogP contribution in [0.4, 0.5) is 10.7 Å². The van der Waals surface area contributed by atoms with E-state index < -0.39 is 11.9 Å². The molecule has 0 unspecified atom stereocenters. The largest absolute Gasteiger partial charge is 0.462 e. The van der Waals surface area contributed by atoms with Crippen molar-refractivity contribution in [2.75, 3.05) is 18.5 Å². The summed E-state index contributed by atoms with van der Waals surface area (Å²) in [7, 11) is 0. The first kappa shape index (κ1) is 24.2. The molecule has 2 aromatic heterocycles. The van der Waals surface area contributed by atoms with Gasteiger partial charge in [0, 0.05) is 11.3 Å². The number of nitrogens with zero attached hydrogens (tertiary/aromatic N) is 1. The number of ether oxygens (including phenoxy) is 2. The zero-order chi connectivity index (χ0) is 24.8. The van der Waals surface area contributed by atoms with Crippen LogP contribution in [0.5, 0.6) is 0 Å². The Kier molecular flexibility index (Phi) is 7.57. The van der Waals surface area contributed by atoms with Crippen LogP contribution in [-0.2, 0) is 9.47 Å². The van der Waals surface area contributed by atoms with Crippen LogP contribution in [0, 0.1) is 6.92 Å². The number of hydrogen-bond acceptors (Lipinski definition) is 7. The van der Waals surface area contributed by atoms with Crippen LogP contribution in [0.3, 0.4) is 0 Å². The molecule has 35 heavy (non-hydrogen) atoms. The van der Waals surface area contributed by atoms with Gasteiger partial charge < -0.3 is 14.8 Å². The molecule has 0 saturated carbocycles. The molecule has 0 aliphatic rings. The molecule has 178 valence electrons. The molecule has 1 N–H and O–H groups in total. The third-order valence-electron chi connectivity index (χ3n) is 5.30. The normalized spacial score (nSPS) is 10.6. The lowest BCUT2D eigenvalue weighted by Gasteiger charge is -2.11. The van der Waals surface area contributed by atoms with Crippen LogP contribution in [0.1, 0.15) is 40.3 Å². The van der Waals surface area contributed by atoms with E-state index in [1.165, 1.54) is 11.3 Å². The second kappa shape index (κ2) is 11.0. The Morgan fingerprint density at radius 2 is 1.49 bits per heavy atom. The number of benzene rings is 2. The smallest absolute Gasteiger partial charge is 0.341 e. The van der Waals surface area contributed by atoms with Crippen LogP contribution in [0.2, 0.25) is 0 Å². The summed E-state index contributed by atoms with van der Waals surface area (Å²) in [5.41, 5.74) is 4.56. The summed E-state index contributed by atoms with van der Waals surface area (Å²) < 4.78 is 10.6. The second-order valence-electron chi connectivity index (χ2n) is 7.64. The van der Waals surface area contributed by atoms with Crippen LogP contribution in [-0.4, -0.2) is 30.1 Å². The van der Waals surface area contributed by atoms with Gasteiger partial charge in [0.05, 0.1) is 35.0 Å². The number of carbonyl (C=O) groups is 2. The first-order chi connectivity index (χ1) is 17.0. The zero-order valence-corrected chi connectivity index (χ0v) is 20.6. The quantitative estimate of drug-likeness (QED) is 0.274. The summed E-state index contributed by atoms with van der Waals surface area (Å²) in [5, 5.41) is 4.05. The number of hydrogen-bond donors (Lipinski definition) is 1. The van der Waals surface area contributed by atoms with Crippen LogP contribution >= 0.6 is 11.3 Å². The molecule has 2 heterocycles. The van der Waals surface area contributed by atoms with E-state index in [0.29, 0.717) is 34.1 Å². The summed E-state index contributed by atoms with van der Waals surface area (Å²) >= 11 is 1.43. The Morgan fingerprint density at radius 1 is 0.857 bits per heavy atom. The van der Waals surface area contributed by atoms with Gasteiger partial charge in [-0.25, -0.2) is 9.59 Å². The van der Waals surface area contributed by atoms with E-state index in [1.54, 1.807) is 32.9 Å². The lowest BCUT2D eigenvalue weighted by molar-refractivity contribution is 0.0517. The Bertz CT molecular complexity index is 1330. The molecule has 0 atom stereocenters. The van der Waals surface area contributed by atoms with Crippen molar-refractivity contribution in [3.63, 3.8) is 0 Å². The van der Waals surface area contributed by atoms with Crippen molar-refractivity contribution in [3.05, 3.63) is 89.6 Å². The molecule has 0 spiro atoms. The molecule has 0 amide bonds. The highest BCUT2D eigenvalue weighted by Gasteiger charge is 2.28. The minimum Gasteiger partial charge on any atom is -0.462 e. The van der Waals surface area contributed by atoms with Crippen molar-refractivity contribution in [2.24, 2.45) is 0 Å². The number of nitrogens with one attached hydrogen (secondary N) is 1. The van der Waals surface area contributed by atoms with Crippen molar-refractivity contribution < 1.29 is 19.1 Å². The fraction of sp³-hybridized carbons (Fsp3) is 0.179. The maximum Gasteiger partial charge on any atom is 0.341 e. The summed E-state index contributed by atoms with van der Waals surface area (Å²) in [6.45, 7) is 5.89. The molecule has 7 heteroatoms. The van der Waals surface area contributed by atoms with Gasteiger partial charge in [-0.05, 0) is 50.6 Å². The lowest BCUT2D eigenvalue weighted by Crippen LogP contribution is -2.08. The molecule has 0 aliphatic heterocycles. The Morgan fingerprint density at radius 3 is 2.11 bits per heavy atom. The number of aromatic nitrogens is 1. The average molecular weight is 487 g/mol. The van der Waals surface area contributed by atoms with E-state index in [2.05, 4.69) is 5.32 Å². The van der Waals surface area contributed by atoms with Gasteiger partial charge in [-0.1, -0.05) is 48.5 Å². The predicted molar refractivity (Wildman–Crippen MR) is 139 cm³/mol. The number of para-hydroxylation sites is 1. The Balaban J connectivity index is 1.92. The van der Waals surface area contributed by atoms with Crippen molar-refractivity contribution in [3.8, 4) is 21.7 Å². The summed E-state index contributed by atoms with van der Waals surface area (Å²) in [5.74, 6) is -0.815. The van der Waals surface area contributed by atoms with Crippen molar-refractivity contribution in [1.82, 2.24) is 4.98 Å². The van der Waals surface area contributed by atoms with E-state index in [-0.39, 0.29) is 6.61 Å². The van der Waals surface area contributed by atoms with Gasteiger partial charge in [0.25, 0.3) is 0 Å². The number of pyridine rings is 1. The van der Waals surface area contributed by atoms with Gasteiger partial charge in [0.1, 0.15) is 10.6 Å². The van der Waals surface area contributed by atoms with E-state index in [1.807, 2.05) is 60.7 Å². The molecule has 0 aliphatic carbocycles. The van der Waals surface area contributed by atoms with E-state index >= 15 is 0 Å². The Labute approximate surface area is 208 Å². The fourth-order valence-corrected chi connectivity index (χ4v) is 4.94. The number of anilines is 2. The van der Waals surface area contributed by atoms with E-state index in [9.17, 15) is 9.59 Å². The highest BCUT2D eigenvalue weighted by atomic mass is 32.1. The van der Waals surface area contributed by atoms with Gasteiger partial charge in [0.2, 0.25) is 0 Å². The highest BCUT2D eigenvalue weighted by Crippen LogP contribution is 2.47. The molecule has 0 bridgehead atoms. The summed E-state index contributed by atoms with van der Waals surface area (Å²) in [6.07, 6.45) is 0. The van der Waals surface area contributed by atoms with Gasteiger partial charge in [0.15, 0.2) is 0 Å². The molecule has 4 aromatic rings. The number of aryl methyl sites for hydroxylation is 1. The number of thiophene rings is 1. The first-order valence-electron chi connectivity index (χ1n) is 11.4. The van der Waals surface area contributed by atoms with E-state index in [4.69, 9.17) is 14.5 Å².